The minimum absolute atomic E-state index is 0.428. The first-order valence-electron chi connectivity index (χ1n) is 5.38. The molecule has 0 atom stereocenters. The highest BCUT2D eigenvalue weighted by atomic mass is 14.9. The van der Waals surface area contributed by atoms with Crippen molar-refractivity contribution in [2.45, 2.75) is 0 Å². The lowest BCUT2D eigenvalue weighted by Gasteiger charge is -1.98. The number of fused-ring (bicyclic) bond motifs is 1. The largest absolute Gasteiger partial charge is 0.383 e. The molecule has 18 heavy (non-hydrogen) atoms. The van der Waals surface area contributed by atoms with Gasteiger partial charge in [-0.2, -0.15) is 5.26 Å². The first kappa shape index (κ1) is 10.3. The van der Waals surface area contributed by atoms with Crippen LogP contribution in [-0.4, -0.2) is 15.0 Å². The summed E-state index contributed by atoms with van der Waals surface area (Å²) in [6.07, 6.45) is 1.63. The summed E-state index contributed by atoms with van der Waals surface area (Å²) < 4.78 is 0. The van der Waals surface area contributed by atoms with E-state index in [0.29, 0.717) is 17.2 Å². The Labute approximate surface area is 103 Å². The molecule has 0 bridgehead atoms. The van der Waals surface area contributed by atoms with Gasteiger partial charge in [0.2, 0.25) is 0 Å². The molecule has 0 saturated carbocycles. The molecule has 3 N–H and O–H groups in total. The minimum Gasteiger partial charge on any atom is -0.383 e. The average Bonchev–Trinajstić information content (AvgIpc) is 2.81. The molecule has 5 heteroatoms. The van der Waals surface area contributed by atoms with Crippen LogP contribution in [0.1, 0.15) is 5.56 Å². The first-order valence-corrected chi connectivity index (χ1v) is 5.38. The number of imidazole rings is 1. The normalized spacial score (nSPS) is 10.4. The number of anilines is 1. The third-order valence-corrected chi connectivity index (χ3v) is 2.70. The van der Waals surface area contributed by atoms with Crippen molar-refractivity contribution in [2.24, 2.45) is 0 Å². The van der Waals surface area contributed by atoms with Crippen molar-refractivity contribution in [3.8, 4) is 17.5 Å². The minimum atomic E-state index is 0.428. The molecule has 5 nitrogen and oxygen atoms in total. The summed E-state index contributed by atoms with van der Waals surface area (Å²) in [5.41, 5.74) is 8.77. The van der Waals surface area contributed by atoms with Crippen LogP contribution in [0.25, 0.3) is 22.4 Å². The van der Waals surface area contributed by atoms with Crippen LogP contribution in [0.3, 0.4) is 0 Å². The summed E-state index contributed by atoms with van der Waals surface area (Å²) in [5, 5.41) is 8.85. The highest BCUT2D eigenvalue weighted by molar-refractivity contribution is 5.82. The van der Waals surface area contributed by atoms with Crippen LogP contribution in [0.2, 0.25) is 0 Å². The van der Waals surface area contributed by atoms with Crippen molar-refractivity contribution in [3.63, 3.8) is 0 Å². The molecule has 0 aliphatic heterocycles. The Morgan fingerprint density at radius 2 is 2.17 bits per heavy atom. The van der Waals surface area contributed by atoms with Gasteiger partial charge in [-0.15, -0.1) is 0 Å². The van der Waals surface area contributed by atoms with E-state index in [1.165, 1.54) is 0 Å². The number of H-pyrrole nitrogens is 1. The van der Waals surface area contributed by atoms with Crippen LogP contribution in [0.15, 0.2) is 36.5 Å². The van der Waals surface area contributed by atoms with Gasteiger partial charge in [0.25, 0.3) is 0 Å². The van der Waals surface area contributed by atoms with Gasteiger partial charge in [0.1, 0.15) is 11.6 Å². The van der Waals surface area contributed by atoms with Gasteiger partial charge in [-0.3, -0.25) is 0 Å². The number of pyridine rings is 1. The molecule has 2 heterocycles. The maximum Gasteiger partial charge on any atom is 0.142 e. The highest BCUT2D eigenvalue weighted by Crippen LogP contribution is 2.24. The first-order chi connectivity index (χ1) is 8.78. The summed E-state index contributed by atoms with van der Waals surface area (Å²) in [4.78, 5) is 11.6. The molecular weight excluding hydrogens is 226 g/mol. The molecule has 0 saturated heterocycles. The Morgan fingerprint density at radius 3 is 2.94 bits per heavy atom. The summed E-state index contributed by atoms with van der Waals surface area (Å²) in [7, 11) is 0. The second-order valence-electron chi connectivity index (χ2n) is 3.87. The van der Waals surface area contributed by atoms with Gasteiger partial charge in [0, 0.05) is 6.20 Å². The Bertz CT molecular complexity index is 766. The Morgan fingerprint density at radius 1 is 1.28 bits per heavy atom. The van der Waals surface area contributed by atoms with Crippen molar-refractivity contribution < 1.29 is 0 Å². The zero-order valence-electron chi connectivity index (χ0n) is 9.38. The number of nitrogen functional groups attached to an aromatic ring is 1. The van der Waals surface area contributed by atoms with E-state index in [2.05, 4.69) is 21.0 Å². The molecule has 0 fully saturated rings. The van der Waals surface area contributed by atoms with Crippen molar-refractivity contribution in [3.05, 3.63) is 42.1 Å². The maximum absolute atomic E-state index is 8.85. The number of hydrogen-bond donors (Lipinski definition) is 2. The van der Waals surface area contributed by atoms with E-state index in [1.54, 1.807) is 30.5 Å². The number of rotatable bonds is 1. The second-order valence-corrected chi connectivity index (χ2v) is 3.87. The average molecular weight is 235 g/mol. The lowest BCUT2D eigenvalue weighted by Crippen LogP contribution is -1.93. The molecule has 0 spiro atoms. The zero-order valence-corrected chi connectivity index (χ0v) is 9.38. The molecule has 0 unspecified atom stereocenters. The third-order valence-electron chi connectivity index (χ3n) is 2.70. The van der Waals surface area contributed by atoms with Crippen LogP contribution in [-0.2, 0) is 0 Å². The quantitative estimate of drug-likeness (QED) is 0.675. The summed E-state index contributed by atoms with van der Waals surface area (Å²) >= 11 is 0. The van der Waals surface area contributed by atoms with E-state index in [1.807, 2.05) is 6.07 Å². The topological polar surface area (TPSA) is 91.4 Å². The molecule has 0 aliphatic carbocycles. The Kier molecular flexibility index (Phi) is 2.21. The van der Waals surface area contributed by atoms with Crippen LogP contribution in [0.5, 0.6) is 0 Å². The van der Waals surface area contributed by atoms with Gasteiger partial charge in [-0.05, 0) is 30.3 Å². The lowest BCUT2D eigenvalue weighted by atomic mass is 10.2. The molecule has 0 radical (unpaired) electrons. The van der Waals surface area contributed by atoms with Gasteiger partial charge in [-0.25, -0.2) is 9.97 Å². The Balaban J connectivity index is 2.20. The predicted octanol–water partition coefficient (Wildman–Crippen LogP) is 2.08. The number of nitrogens with one attached hydrogen (secondary N) is 1. The molecule has 2 aromatic heterocycles. The van der Waals surface area contributed by atoms with Crippen LogP contribution < -0.4 is 5.73 Å². The van der Waals surface area contributed by atoms with Crippen molar-refractivity contribution in [2.75, 3.05) is 5.73 Å². The maximum atomic E-state index is 8.85. The molecule has 3 rings (SSSR count). The van der Waals surface area contributed by atoms with Gasteiger partial charge in [0.15, 0.2) is 0 Å². The van der Waals surface area contributed by atoms with Crippen molar-refractivity contribution in [1.82, 2.24) is 15.0 Å². The van der Waals surface area contributed by atoms with Gasteiger partial charge >= 0.3 is 0 Å². The van der Waals surface area contributed by atoms with Gasteiger partial charge in [0.05, 0.1) is 28.2 Å². The summed E-state index contributed by atoms with van der Waals surface area (Å²) in [5.74, 6) is 1.09. The fourth-order valence-corrected chi connectivity index (χ4v) is 1.82. The lowest BCUT2D eigenvalue weighted by molar-refractivity contribution is 1.28. The fraction of sp³-hybridized carbons (Fsp3) is 0. The molecular formula is C13H9N5. The Hall–Kier alpha value is -2.87. The molecule has 3 aromatic rings. The van der Waals surface area contributed by atoms with Gasteiger partial charge < -0.3 is 10.7 Å². The standard InChI is InChI=1S/C13H9N5/c14-7-8-3-4-10-11(6-8)18-13(17-10)9-2-1-5-16-12(9)15/h1-6H,(H2,15,16)(H,17,18). The SMILES string of the molecule is N#Cc1ccc2nc(-c3cccnc3N)[nH]c2c1. The second kappa shape index (κ2) is 3.86. The molecule has 0 amide bonds. The number of aromatic nitrogens is 3. The van der Waals surface area contributed by atoms with Gasteiger partial charge in [-0.1, -0.05) is 0 Å². The highest BCUT2D eigenvalue weighted by Gasteiger charge is 2.08. The van der Waals surface area contributed by atoms with E-state index >= 15 is 0 Å². The third kappa shape index (κ3) is 1.57. The number of nitrogens with two attached hydrogens (primary N) is 1. The number of nitrogens with zero attached hydrogens (tertiary/aromatic N) is 3. The predicted molar refractivity (Wildman–Crippen MR) is 68.5 cm³/mol. The smallest absolute Gasteiger partial charge is 0.142 e. The monoisotopic (exact) mass is 235 g/mol. The van der Waals surface area contributed by atoms with E-state index in [0.717, 1.165) is 16.6 Å². The number of hydrogen-bond acceptors (Lipinski definition) is 4. The molecule has 86 valence electrons. The number of aromatic amines is 1. The molecule has 0 aliphatic rings. The van der Waals surface area contributed by atoms with Crippen molar-refractivity contribution in [1.29, 1.82) is 5.26 Å². The van der Waals surface area contributed by atoms with E-state index in [9.17, 15) is 0 Å². The zero-order chi connectivity index (χ0) is 12.5. The van der Waals surface area contributed by atoms with Crippen LogP contribution >= 0.6 is 0 Å². The number of nitriles is 1. The van der Waals surface area contributed by atoms with Crippen molar-refractivity contribution >= 4 is 16.9 Å². The fourth-order valence-electron chi connectivity index (χ4n) is 1.82. The summed E-state index contributed by atoms with van der Waals surface area (Å²) in [6.45, 7) is 0. The van der Waals surface area contributed by atoms with E-state index in [-0.39, 0.29) is 0 Å². The molecule has 1 aromatic carbocycles. The van der Waals surface area contributed by atoms with E-state index < -0.39 is 0 Å². The van der Waals surface area contributed by atoms with Crippen LogP contribution in [0.4, 0.5) is 5.82 Å². The van der Waals surface area contributed by atoms with Crippen LogP contribution in [0, 0.1) is 11.3 Å². The van der Waals surface area contributed by atoms with E-state index in [4.69, 9.17) is 11.0 Å². The number of benzene rings is 1. The summed E-state index contributed by atoms with van der Waals surface area (Å²) in [6, 6.07) is 11.1.